The van der Waals surface area contributed by atoms with E-state index in [4.69, 9.17) is 18.9 Å². The number of methoxy groups -OCH3 is 1. The Hall–Kier alpha value is -4.18. The third-order valence-corrected chi connectivity index (χ3v) is 10.6. The van der Waals surface area contributed by atoms with Crippen LogP contribution in [0.25, 0.3) is 0 Å². The van der Waals surface area contributed by atoms with Crippen molar-refractivity contribution in [3.63, 3.8) is 0 Å². The van der Waals surface area contributed by atoms with Gasteiger partial charge in [-0.05, 0) is 77.1 Å². The number of fused-ring (bicyclic) bond motifs is 2. The molecule has 3 fully saturated rings. The molecule has 16 heteroatoms. The molecule has 1 saturated heterocycles. The summed E-state index contributed by atoms with van der Waals surface area (Å²) in [5, 5.41) is 4.70. The predicted molar refractivity (Wildman–Crippen MR) is 174 cm³/mol. The van der Waals surface area contributed by atoms with Gasteiger partial charge in [0.15, 0.2) is 0 Å². The van der Waals surface area contributed by atoms with Gasteiger partial charge in [-0.15, -0.1) is 0 Å². The van der Waals surface area contributed by atoms with E-state index in [2.05, 4.69) is 15.4 Å². The number of nitrogens with one attached hydrogen (secondary N) is 3. The Morgan fingerprint density at radius 1 is 1.08 bits per heavy atom. The number of hydrogen-bond donors (Lipinski definition) is 3. The molecule has 0 spiro atoms. The number of rotatable bonds is 7. The van der Waals surface area contributed by atoms with Crippen molar-refractivity contribution in [2.45, 2.75) is 93.9 Å². The number of carbonyl (C=O) groups excluding carboxylic acids is 5. The van der Waals surface area contributed by atoms with Crippen molar-refractivity contribution in [2.75, 3.05) is 26.9 Å². The number of nitrogens with zero attached hydrogens (tertiary/aromatic N) is 1. The lowest BCUT2D eigenvalue weighted by atomic mass is 10.1. The van der Waals surface area contributed by atoms with Crippen molar-refractivity contribution >= 4 is 39.8 Å². The standard InChI is InChI=1S/C33H44N4O11S/c1-32(2,3)48-31(42)34-25-8-6-16-46-15-5-7-21-18-33(21,30(41)36-49(43,44)24-13-14-24)35-27(38)26-17-23(19-37(26)28(25)39)47-29(40)20-9-11-22(45-4)12-10-20/h5,7,9-12,21,23-26H,6,8,13-19H2,1-4H3,(H,34,42)(H,35,38)(H,36,41)/b7-5-/t21?,23-,25-,26?,33?/m1/s1. The molecule has 0 bridgehead atoms. The summed E-state index contributed by atoms with van der Waals surface area (Å²) < 4.78 is 49.5. The molecule has 49 heavy (non-hydrogen) atoms. The lowest BCUT2D eigenvalue weighted by Gasteiger charge is -2.30. The molecule has 2 aliphatic carbocycles. The maximum absolute atomic E-state index is 14.2. The van der Waals surface area contributed by atoms with E-state index in [1.54, 1.807) is 45.1 Å². The Balaban J connectivity index is 1.42. The van der Waals surface area contributed by atoms with Crippen LogP contribution in [-0.2, 0) is 38.6 Å². The van der Waals surface area contributed by atoms with E-state index in [1.165, 1.54) is 24.1 Å². The average Bonchev–Trinajstić information content (AvgIpc) is 3.95. The van der Waals surface area contributed by atoms with E-state index >= 15 is 0 Å². The number of benzene rings is 1. The number of sulfonamides is 1. The molecule has 3 unspecified atom stereocenters. The summed E-state index contributed by atoms with van der Waals surface area (Å²) in [5.74, 6) is -2.89. The fourth-order valence-corrected chi connectivity index (χ4v) is 7.32. The smallest absolute Gasteiger partial charge is 0.408 e. The number of esters is 1. The third kappa shape index (κ3) is 8.90. The van der Waals surface area contributed by atoms with Gasteiger partial charge in [-0.2, -0.15) is 0 Å². The number of hydrogen-bond acceptors (Lipinski definition) is 11. The highest BCUT2D eigenvalue weighted by atomic mass is 32.2. The Morgan fingerprint density at radius 2 is 1.80 bits per heavy atom. The molecule has 5 atom stereocenters. The summed E-state index contributed by atoms with van der Waals surface area (Å²) in [6.45, 7) is 5.28. The van der Waals surface area contributed by atoms with E-state index in [9.17, 15) is 32.4 Å². The molecular formula is C33H44N4O11S. The van der Waals surface area contributed by atoms with Crippen LogP contribution in [0.1, 0.15) is 69.7 Å². The maximum atomic E-state index is 14.2. The van der Waals surface area contributed by atoms with Crippen molar-refractivity contribution < 1.29 is 51.3 Å². The fraction of sp³-hybridized carbons (Fsp3) is 0.606. The van der Waals surface area contributed by atoms with E-state index < -0.39 is 80.3 Å². The Bertz CT molecular complexity index is 1590. The van der Waals surface area contributed by atoms with Crippen molar-refractivity contribution in [2.24, 2.45) is 5.92 Å². The average molecular weight is 705 g/mol. The highest BCUT2D eigenvalue weighted by Crippen LogP contribution is 2.46. The third-order valence-electron chi connectivity index (χ3n) is 8.77. The van der Waals surface area contributed by atoms with Crippen LogP contribution >= 0.6 is 0 Å². The van der Waals surface area contributed by atoms with Gasteiger partial charge in [0, 0.05) is 18.9 Å². The molecule has 0 radical (unpaired) electrons. The van der Waals surface area contributed by atoms with E-state index in [1.807, 2.05) is 0 Å². The van der Waals surface area contributed by atoms with Crippen molar-refractivity contribution in [3.05, 3.63) is 42.0 Å². The molecular weight excluding hydrogens is 660 g/mol. The summed E-state index contributed by atoms with van der Waals surface area (Å²) in [4.78, 5) is 68.9. The molecule has 5 rings (SSSR count). The van der Waals surface area contributed by atoms with Gasteiger partial charge in [-0.3, -0.25) is 19.1 Å². The van der Waals surface area contributed by atoms with Crippen LogP contribution in [-0.4, -0.2) is 105 Å². The summed E-state index contributed by atoms with van der Waals surface area (Å²) >= 11 is 0. The number of alkyl carbamates (subject to hydrolysis) is 1. The summed E-state index contributed by atoms with van der Waals surface area (Å²) in [7, 11) is -2.43. The highest BCUT2D eigenvalue weighted by molar-refractivity contribution is 7.91. The Kier molecular flexibility index (Phi) is 10.6. The normalized spacial score (nSPS) is 28.4. The number of carbonyl (C=O) groups is 5. The quantitative estimate of drug-likeness (QED) is 0.275. The van der Waals surface area contributed by atoms with Gasteiger partial charge in [0.05, 0.1) is 31.1 Å². The molecule has 0 aromatic heterocycles. The van der Waals surface area contributed by atoms with Crippen LogP contribution in [0, 0.1) is 5.92 Å². The van der Waals surface area contributed by atoms with Crippen LogP contribution in [0.3, 0.4) is 0 Å². The van der Waals surface area contributed by atoms with Gasteiger partial charge >= 0.3 is 12.1 Å². The first-order valence-electron chi connectivity index (χ1n) is 16.4. The van der Waals surface area contributed by atoms with Gasteiger partial charge in [0.25, 0.3) is 5.91 Å². The second kappa shape index (κ2) is 14.4. The molecule has 4 amide bonds. The van der Waals surface area contributed by atoms with Crippen LogP contribution in [0.15, 0.2) is 36.4 Å². The van der Waals surface area contributed by atoms with Gasteiger partial charge in [0.2, 0.25) is 21.8 Å². The second-order valence-corrected chi connectivity index (χ2v) is 15.7. The Labute approximate surface area is 285 Å². The van der Waals surface area contributed by atoms with Crippen LogP contribution in [0.5, 0.6) is 5.75 Å². The van der Waals surface area contributed by atoms with Gasteiger partial charge in [-0.25, -0.2) is 18.0 Å². The van der Waals surface area contributed by atoms with Crippen molar-refractivity contribution in [1.29, 1.82) is 0 Å². The molecule has 268 valence electrons. The molecule has 1 aromatic carbocycles. The number of amides is 4. The lowest BCUT2D eigenvalue weighted by Crippen LogP contribution is -2.58. The zero-order valence-electron chi connectivity index (χ0n) is 28.1. The molecule has 2 heterocycles. The Morgan fingerprint density at radius 3 is 2.45 bits per heavy atom. The molecule has 2 aliphatic heterocycles. The van der Waals surface area contributed by atoms with E-state index in [0.717, 1.165) is 0 Å². The monoisotopic (exact) mass is 704 g/mol. The molecule has 15 nitrogen and oxygen atoms in total. The van der Waals surface area contributed by atoms with E-state index in [-0.39, 0.29) is 44.6 Å². The van der Waals surface area contributed by atoms with Gasteiger partial charge in [-0.1, -0.05) is 12.2 Å². The number of ether oxygens (including phenoxy) is 4. The highest BCUT2D eigenvalue weighted by Gasteiger charge is 2.62. The van der Waals surface area contributed by atoms with Gasteiger partial charge < -0.3 is 34.5 Å². The topological polar surface area (TPSA) is 196 Å². The molecule has 1 aromatic rings. The summed E-state index contributed by atoms with van der Waals surface area (Å²) in [6.07, 6.45) is 3.06. The largest absolute Gasteiger partial charge is 0.497 e. The van der Waals surface area contributed by atoms with Crippen molar-refractivity contribution in [1.82, 2.24) is 20.3 Å². The zero-order chi connectivity index (χ0) is 35.6. The molecule has 4 aliphatic rings. The van der Waals surface area contributed by atoms with Crippen LogP contribution in [0.2, 0.25) is 0 Å². The molecule has 3 N–H and O–H groups in total. The van der Waals surface area contributed by atoms with E-state index in [0.29, 0.717) is 25.0 Å². The van der Waals surface area contributed by atoms with Gasteiger partial charge in [0.1, 0.15) is 35.1 Å². The second-order valence-electron chi connectivity index (χ2n) is 13.8. The first-order chi connectivity index (χ1) is 23.1. The first-order valence-corrected chi connectivity index (χ1v) is 17.9. The zero-order valence-corrected chi connectivity index (χ0v) is 28.9. The SMILES string of the molecule is COc1ccc(C(=O)O[C@@H]2CC3C(=O)NC4(C(=O)NS(=O)(=O)C5CC5)CC4/C=C\COCCC[C@@H](NC(=O)OC(C)(C)C)C(=O)N3C2)cc1. The predicted octanol–water partition coefficient (Wildman–Crippen LogP) is 1.56. The lowest BCUT2D eigenvalue weighted by molar-refractivity contribution is -0.141. The molecule has 2 saturated carbocycles. The summed E-state index contributed by atoms with van der Waals surface area (Å²) in [5.41, 5.74) is -2.20. The summed E-state index contributed by atoms with van der Waals surface area (Å²) in [6, 6.07) is 3.89. The minimum Gasteiger partial charge on any atom is -0.497 e. The van der Waals surface area contributed by atoms with Crippen molar-refractivity contribution in [3.8, 4) is 5.75 Å². The first kappa shape index (κ1) is 36.1. The fourth-order valence-electron chi connectivity index (χ4n) is 5.96. The minimum absolute atomic E-state index is 0.111. The maximum Gasteiger partial charge on any atom is 0.408 e. The van der Waals surface area contributed by atoms with Crippen LogP contribution in [0.4, 0.5) is 4.79 Å². The minimum atomic E-state index is -3.92. The van der Waals surface area contributed by atoms with Crippen LogP contribution < -0.4 is 20.1 Å².